The van der Waals surface area contributed by atoms with Crippen LogP contribution in [0, 0.1) is 0 Å². The van der Waals surface area contributed by atoms with Gasteiger partial charge in [-0.05, 0) is 42.0 Å². The van der Waals surface area contributed by atoms with Crippen LogP contribution in [0.1, 0.15) is 27.9 Å². The number of amides is 1. The average Bonchev–Trinajstić information content (AvgIpc) is 2.86. The maximum Gasteiger partial charge on any atom is 0.416 e. The topological polar surface area (TPSA) is 86.6 Å². The maximum atomic E-state index is 12.7. The van der Waals surface area contributed by atoms with Crippen LogP contribution in [0.2, 0.25) is 0 Å². The summed E-state index contributed by atoms with van der Waals surface area (Å²) in [7, 11) is 10.3. The van der Waals surface area contributed by atoms with Crippen molar-refractivity contribution in [1.82, 2.24) is 9.80 Å². The Bertz CT molecular complexity index is 1200. The summed E-state index contributed by atoms with van der Waals surface area (Å²) in [6, 6.07) is 11.0. The van der Waals surface area contributed by atoms with Gasteiger partial charge in [0.1, 0.15) is 11.7 Å². The van der Waals surface area contributed by atoms with Gasteiger partial charge < -0.3 is 19.9 Å². The van der Waals surface area contributed by atoms with E-state index in [4.69, 9.17) is 4.74 Å². The van der Waals surface area contributed by atoms with Gasteiger partial charge in [0.25, 0.3) is 5.91 Å². The number of hydrogen-bond donors (Lipinski definition) is 1. The number of anilines is 1. The number of aliphatic imine (C=N–C) groups is 2. The second-order valence-corrected chi connectivity index (χ2v) is 8.63. The molecule has 0 aliphatic carbocycles. The Kier molecular flexibility index (Phi) is 10.6. The minimum atomic E-state index is -4.46. The summed E-state index contributed by atoms with van der Waals surface area (Å²) in [5, 5.41) is 2.67. The molecule has 0 saturated heterocycles. The molecule has 0 unspecified atom stereocenters. The molecule has 0 aliphatic heterocycles. The summed E-state index contributed by atoms with van der Waals surface area (Å²) in [6.45, 7) is 0. The number of esters is 1. The molecule has 204 valence electrons. The molecule has 0 spiro atoms. The first kappa shape index (κ1) is 30.1. The second kappa shape index (κ2) is 13.4. The molecule has 1 N–H and O–H groups in total. The van der Waals surface area contributed by atoms with Crippen molar-refractivity contribution in [2.75, 3.05) is 47.7 Å². The Hall–Kier alpha value is -4.15. The monoisotopic (exact) mass is 531 g/mol. The van der Waals surface area contributed by atoms with Crippen LogP contribution in [0.25, 0.3) is 0 Å². The molecule has 0 heterocycles. The van der Waals surface area contributed by atoms with E-state index in [-0.39, 0.29) is 12.0 Å². The molecule has 0 fully saturated rings. The van der Waals surface area contributed by atoms with E-state index in [1.54, 1.807) is 35.2 Å². The molecule has 2 aromatic rings. The van der Waals surface area contributed by atoms with E-state index in [1.165, 1.54) is 7.11 Å². The van der Waals surface area contributed by atoms with Gasteiger partial charge in [-0.1, -0.05) is 12.1 Å². The second-order valence-electron chi connectivity index (χ2n) is 8.63. The van der Waals surface area contributed by atoms with E-state index in [9.17, 15) is 22.8 Å². The van der Waals surface area contributed by atoms with Gasteiger partial charge in [-0.2, -0.15) is 13.2 Å². The maximum absolute atomic E-state index is 12.7. The standard InChI is InChI=1S/C27H32F3N5O3/c1-31-24(34(2)3)22(17-23(36)38-6)25(35(4)5)32-16-15-18-7-13-21(14-8-18)33-26(37)19-9-11-20(12-10-19)27(28,29)30/h7-14,16H,15,17H2,1-6H3,(H,33,37)/b25-22+,31-24?,32-16?. The van der Waals surface area contributed by atoms with Crippen molar-refractivity contribution in [1.29, 1.82) is 0 Å². The van der Waals surface area contributed by atoms with Gasteiger partial charge in [0, 0.05) is 64.7 Å². The Labute approximate surface area is 220 Å². The van der Waals surface area contributed by atoms with Crippen LogP contribution in [0.15, 0.2) is 69.9 Å². The minimum Gasteiger partial charge on any atom is -0.469 e. The third-order valence-electron chi connectivity index (χ3n) is 5.37. The van der Waals surface area contributed by atoms with Crippen molar-refractivity contribution in [3.63, 3.8) is 0 Å². The van der Waals surface area contributed by atoms with Gasteiger partial charge >= 0.3 is 12.1 Å². The predicted molar refractivity (Wildman–Crippen MR) is 142 cm³/mol. The Balaban J connectivity index is 2.16. The molecule has 0 saturated carbocycles. The molecular weight excluding hydrogens is 499 g/mol. The summed E-state index contributed by atoms with van der Waals surface area (Å²) in [5.41, 5.74) is 1.33. The Morgan fingerprint density at radius 3 is 2.05 bits per heavy atom. The average molecular weight is 532 g/mol. The summed E-state index contributed by atoms with van der Waals surface area (Å²) in [5.74, 6) is 0.238. The number of benzene rings is 2. The van der Waals surface area contributed by atoms with Gasteiger partial charge in [0.2, 0.25) is 0 Å². The largest absolute Gasteiger partial charge is 0.469 e. The molecule has 1 amide bonds. The van der Waals surface area contributed by atoms with Crippen molar-refractivity contribution in [2.24, 2.45) is 9.98 Å². The van der Waals surface area contributed by atoms with Gasteiger partial charge in [0.05, 0.1) is 19.1 Å². The van der Waals surface area contributed by atoms with Crippen LogP contribution < -0.4 is 5.32 Å². The minimum absolute atomic E-state index is 0.000463. The molecular formula is C27H32F3N5O3. The highest BCUT2D eigenvalue weighted by atomic mass is 19.4. The van der Waals surface area contributed by atoms with Crippen molar-refractivity contribution in [3.8, 4) is 0 Å². The fourth-order valence-corrected chi connectivity index (χ4v) is 3.52. The number of ether oxygens (including phenoxy) is 1. The summed E-state index contributed by atoms with van der Waals surface area (Å²) in [4.78, 5) is 37.0. The molecule has 0 bridgehead atoms. The summed E-state index contributed by atoms with van der Waals surface area (Å²) in [6.07, 6.45) is -2.28. The smallest absolute Gasteiger partial charge is 0.416 e. The zero-order valence-electron chi connectivity index (χ0n) is 22.3. The van der Waals surface area contributed by atoms with Crippen LogP contribution in [-0.4, -0.2) is 76.1 Å². The third kappa shape index (κ3) is 8.46. The number of methoxy groups -OCH3 is 1. The van der Waals surface area contributed by atoms with E-state index >= 15 is 0 Å². The van der Waals surface area contributed by atoms with Crippen LogP contribution in [0.5, 0.6) is 0 Å². The van der Waals surface area contributed by atoms with E-state index in [1.807, 2.05) is 40.3 Å². The highest BCUT2D eigenvalue weighted by Gasteiger charge is 2.30. The highest BCUT2D eigenvalue weighted by molar-refractivity contribution is 6.04. The van der Waals surface area contributed by atoms with E-state index in [2.05, 4.69) is 15.3 Å². The SMILES string of the molecule is CN=C(/C(CC(=O)OC)=C(\N=CCc1ccc(NC(=O)c2ccc(C(F)(F)F)cc2)cc1)N(C)C)N(C)C. The number of nitrogens with one attached hydrogen (secondary N) is 1. The van der Waals surface area contributed by atoms with Gasteiger partial charge in [-0.15, -0.1) is 0 Å². The number of rotatable bonds is 9. The number of nitrogens with zero attached hydrogens (tertiary/aromatic N) is 4. The van der Waals surface area contributed by atoms with Crippen LogP contribution in [-0.2, 0) is 22.1 Å². The highest BCUT2D eigenvalue weighted by Crippen LogP contribution is 2.29. The van der Waals surface area contributed by atoms with Gasteiger partial charge in [0.15, 0.2) is 0 Å². The first-order valence-electron chi connectivity index (χ1n) is 11.6. The first-order chi connectivity index (χ1) is 17.9. The number of hydrogen-bond acceptors (Lipinski definition) is 6. The zero-order chi connectivity index (χ0) is 28.5. The quantitative estimate of drug-likeness (QED) is 0.293. The van der Waals surface area contributed by atoms with Crippen LogP contribution >= 0.6 is 0 Å². The van der Waals surface area contributed by atoms with Gasteiger partial charge in [-0.3, -0.25) is 14.6 Å². The fraction of sp³-hybridized carbons (Fsp3) is 0.333. The lowest BCUT2D eigenvalue weighted by Crippen LogP contribution is -2.29. The third-order valence-corrected chi connectivity index (χ3v) is 5.37. The number of halogens is 3. The molecule has 0 radical (unpaired) electrons. The molecule has 0 aliphatic rings. The summed E-state index contributed by atoms with van der Waals surface area (Å²) < 4.78 is 43.0. The summed E-state index contributed by atoms with van der Waals surface area (Å²) >= 11 is 0. The van der Waals surface area contributed by atoms with Crippen LogP contribution in [0.4, 0.5) is 18.9 Å². The lowest BCUT2D eigenvalue weighted by molar-refractivity contribution is -0.140. The van der Waals surface area contributed by atoms with Crippen molar-refractivity contribution in [3.05, 3.63) is 76.6 Å². The van der Waals surface area contributed by atoms with Gasteiger partial charge in [-0.25, -0.2) is 4.99 Å². The molecule has 2 rings (SSSR count). The van der Waals surface area contributed by atoms with Crippen molar-refractivity contribution >= 4 is 29.6 Å². The number of amidine groups is 1. The number of carbonyl (C=O) groups excluding carboxylic acids is 2. The number of likely N-dealkylation sites (N-methyl/N-ethyl adjacent to an activating group) is 1. The predicted octanol–water partition coefficient (Wildman–Crippen LogP) is 4.50. The van der Waals surface area contributed by atoms with Crippen molar-refractivity contribution in [2.45, 2.75) is 19.0 Å². The normalized spacial score (nSPS) is 12.7. The lowest BCUT2D eigenvalue weighted by Gasteiger charge is -2.23. The lowest BCUT2D eigenvalue weighted by atomic mass is 10.1. The first-order valence-corrected chi connectivity index (χ1v) is 11.6. The van der Waals surface area contributed by atoms with Crippen molar-refractivity contribution < 1.29 is 27.5 Å². The molecule has 11 heteroatoms. The van der Waals surface area contributed by atoms with E-state index < -0.39 is 23.6 Å². The molecule has 38 heavy (non-hydrogen) atoms. The number of alkyl halides is 3. The Morgan fingerprint density at radius 1 is 0.974 bits per heavy atom. The zero-order valence-corrected chi connectivity index (χ0v) is 22.3. The molecule has 8 nitrogen and oxygen atoms in total. The molecule has 0 aromatic heterocycles. The van der Waals surface area contributed by atoms with E-state index in [0.29, 0.717) is 29.3 Å². The molecule has 2 aromatic carbocycles. The molecule has 0 atom stereocenters. The van der Waals surface area contributed by atoms with E-state index in [0.717, 1.165) is 29.8 Å². The number of carbonyl (C=O) groups is 2. The Morgan fingerprint density at radius 2 is 1.58 bits per heavy atom. The van der Waals surface area contributed by atoms with Crippen LogP contribution in [0.3, 0.4) is 0 Å². The fourth-order valence-electron chi connectivity index (χ4n) is 3.52.